The summed E-state index contributed by atoms with van der Waals surface area (Å²) >= 11 is 0. The molecule has 2 rings (SSSR count). The monoisotopic (exact) mass is 246 g/mol. The molecular formula is C14H18N2O2. The number of rotatable bonds is 4. The maximum absolute atomic E-state index is 11.7. The molecule has 0 amide bonds. The van der Waals surface area contributed by atoms with Crippen LogP contribution in [0, 0.1) is 0 Å². The number of aromatic amines is 1. The minimum absolute atomic E-state index is 0.137. The van der Waals surface area contributed by atoms with E-state index in [2.05, 4.69) is 4.98 Å². The molecule has 1 aromatic carbocycles. The van der Waals surface area contributed by atoms with Crippen LogP contribution in [0.4, 0.5) is 0 Å². The number of ether oxygens (including phenoxy) is 1. The van der Waals surface area contributed by atoms with Crippen molar-refractivity contribution in [3.8, 4) is 0 Å². The number of nitrogens with one attached hydrogen (secondary N) is 1. The van der Waals surface area contributed by atoms with Gasteiger partial charge in [0.2, 0.25) is 0 Å². The highest BCUT2D eigenvalue weighted by molar-refractivity contribution is 5.88. The van der Waals surface area contributed by atoms with Crippen molar-refractivity contribution in [2.45, 2.75) is 26.3 Å². The second-order valence-electron chi connectivity index (χ2n) is 4.33. The molecule has 0 fully saturated rings. The molecule has 1 aromatic heterocycles. The number of H-pyrrole nitrogens is 1. The van der Waals surface area contributed by atoms with Crippen LogP contribution in [0.3, 0.4) is 0 Å². The molecule has 0 aliphatic rings. The number of carbonyl (C=O) groups is 1. The number of aromatic nitrogens is 1. The van der Waals surface area contributed by atoms with E-state index in [0.717, 1.165) is 22.2 Å². The third-order valence-electron chi connectivity index (χ3n) is 2.93. The van der Waals surface area contributed by atoms with Gasteiger partial charge in [-0.15, -0.1) is 0 Å². The van der Waals surface area contributed by atoms with Crippen molar-refractivity contribution in [3.05, 3.63) is 35.5 Å². The SMILES string of the molecule is CCOC(=O)Cc1c(C(C)N)[nH]c2ccccc12. The van der Waals surface area contributed by atoms with E-state index in [-0.39, 0.29) is 18.4 Å². The maximum Gasteiger partial charge on any atom is 0.310 e. The van der Waals surface area contributed by atoms with E-state index in [1.807, 2.05) is 31.2 Å². The third kappa shape index (κ3) is 2.38. The van der Waals surface area contributed by atoms with Crippen LogP contribution >= 0.6 is 0 Å². The first-order valence-corrected chi connectivity index (χ1v) is 6.14. The van der Waals surface area contributed by atoms with Crippen LogP contribution in [0.2, 0.25) is 0 Å². The predicted octanol–water partition coefficient (Wildman–Crippen LogP) is 2.29. The quantitative estimate of drug-likeness (QED) is 0.813. The molecule has 0 bridgehead atoms. The van der Waals surface area contributed by atoms with Crippen LogP contribution in [0.1, 0.15) is 31.1 Å². The normalized spacial score (nSPS) is 12.6. The molecule has 2 aromatic rings. The van der Waals surface area contributed by atoms with E-state index in [1.54, 1.807) is 6.92 Å². The minimum Gasteiger partial charge on any atom is -0.466 e. The Balaban J connectivity index is 2.45. The summed E-state index contributed by atoms with van der Waals surface area (Å²) in [7, 11) is 0. The van der Waals surface area contributed by atoms with Crippen molar-refractivity contribution >= 4 is 16.9 Å². The molecule has 18 heavy (non-hydrogen) atoms. The van der Waals surface area contributed by atoms with Crippen LogP contribution in [-0.2, 0) is 16.0 Å². The highest BCUT2D eigenvalue weighted by Gasteiger charge is 2.17. The summed E-state index contributed by atoms with van der Waals surface area (Å²) in [6.45, 7) is 4.10. The third-order valence-corrected chi connectivity index (χ3v) is 2.93. The summed E-state index contributed by atoms with van der Waals surface area (Å²) in [6.07, 6.45) is 0.259. The molecule has 4 nitrogen and oxygen atoms in total. The Kier molecular flexibility index (Phi) is 3.67. The van der Waals surface area contributed by atoms with E-state index in [1.165, 1.54) is 0 Å². The zero-order valence-electron chi connectivity index (χ0n) is 10.7. The second kappa shape index (κ2) is 5.23. The topological polar surface area (TPSA) is 68.1 Å². The molecule has 1 atom stereocenters. The molecule has 1 unspecified atom stereocenters. The van der Waals surface area contributed by atoms with Gasteiger partial charge in [0.25, 0.3) is 0 Å². The molecule has 4 heteroatoms. The summed E-state index contributed by atoms with van der Waals surface area (Å²) in [6, 6.07) is 7.75. The van der Waals surface area contributed by atoms with Crippen LogP contribution in [0.5, 0.6) is 0 Å². The summed E-state index contributed by atoms with van der Waals surface area (Å²) in [5, 5.41) is 1.04. The number of nitrogens with two attached hydrogens (primary N) is 1. The molecular weight excluding hydrogens is 228 g/mol. The summed E-state index contributed by atoms with van der Waals surface area (Å²) in [5.74, 6) is -0.218. The maximum atomic E-state index is 11.7. The van der Waals surface area contributed by atoms with Gasteiger partial charge in [0.15, 0.2) is 0 Å². The van der Waals surface area contributed by atoms with Crippen molar-refractivity contribution in [1.82, 2.24) is 4.98 Å². The van der Waals surface area contributed by atoms with Crippen molar-refractivity contribution < 1.29 is 9.53 Å². The number of hydrogen-bond donors (Lipinski definition) is 2. The lowest BCUT2D eigenvalue weighted by Gasteiger charge is -2.07. The fourth-order valence-corrected chi connectivity index (χ4v) is 2.16. The molecule has 1 heterocycles. The van der Waals surface area contributed by atoms with E-state index in [9.17, 15) is 4.79 Å². The lowest BCUT2D eigenvalue weighted by atomic mass is 10.0. The summed E-state index contributed by atoms with van der Waals surface area (Å²) < 4.78 is 5.01. The fourth-order valence-electron chi connectivity index (χ4n) is 2.16. The van der Waals surface area contributed by atoms with Crippen LogP contribution < -0.4 is 5.73 Å². The van der Waals surface area contributed by atoms with E-state index in [4.69, 9.17) is 10.5 Å². The predicted molar refractivity (Wildman–Crippen MR) is 71.2 cm³/mol. The molecule has 96 valence electrons. The number of para-hydroxylation sites is 1. The van der Waals surface area contributed by atoms with Gasteiger partial charge in [-0.3, -0.25) is 4.79 Å². The standard InChI is InChI=1S/C14H18N2O2/c1-3-18-13(17)8-11-10-6-4-5-7-12(10)16-14(11)9(2)15/h4-7,9,16H,3,8,15H2,1-2H3. The van der Waals surface area contributed by atoms with E-state index < -0.39 is 0 Å². The van der Waals surface area contributed by atoms with E-state index in [0.29, 0.717) is 6.61 Å². The first-order valence-electron chi connectivity index (χ1n) is 6.14. The number of fused-ring (bicyclic) bond motifs is 1. The van der Waals surface area contributed by atoms with Gasteiger partial charge in [-0.25, -0.2) is 0 Å². The highest BCUT2D eigenvalue weighted by Crippen LogP contribution is 2.26. The zero-order valence-corrected chi connectivity index (χ0v) is 10.7. The van der Waals surface area contributed by atoms with Gasteiger partial charge in [0, 0.05) is 22.6 Å². The first kappa shape index (κ1) is 12.6. The van der Waals surface area contributed by atoms with Crippen molar-refractivity contribution in [2.75, 3.05) is 6.61 Å². The van der Waals surface area contributed by atoms with Crippen LogP contribution in [0.15, 0.2) is 24.3 Å². The number of esters is 1. The van der Waals surface area contributed by atoms with Gasteiger partial charge in [0.1, 0.15) is 0 Å². The Labute approximate surface area is 106 Å². The lowest BCUT2D eigenvalue weighted by Crippen LogP contribution is -2.12. The van der Waals surface area contributed by atoms with Crippen molar-refractivity contribution in [2.24, 2.45) is 5.73 Å². The molecule has 0 aliphatic heterocycles. The summed E-state index contributed by atoms with van der Waals surface area (Å²) in [4.78, 5) is 14.9. The van der Waals surface area contributed by atoms with E-state index >= 15 is 0 Å². The molecule has 3 N–H and O–H groups in total. The fraction of sp³-hybridized carbons (Fsp3) is 0.357. The Morgan fingerprint density at radius 3 is 2.83 bits per heavy atom. The highest BCUT2D eigenvalue weighted by atomic mass is 16.5. The van der Waals surface area contributed by atoms with Crippen molar-refractivity contribution in [3.63, 3.8) is 0 Å². The van der Waals surface area contributed by atoms with Gasteiger partial charge in [0.05, 0.1) is 13.0 Å². The molecule has 0 spiro atoms. The second-order valence-corrected chi connectivity index (χ2v) is 4.33. The number of hydrogen-bond acceptors (Lipinski definition) is 3. The van der Waals surface area contributed by atoms with Gasteiger partial charge in [-0.05, 0) is 25.5 Å². The van der Waals surface area contributed by atoms with Crippen molar-refractivity contribution in [1.29, 1.82) is 0 Å². The average molecular weight is 246 g/mol. The van der Waals surface area contributed by atoms with Gasteiger partial charge in [-0.1, -0.05) is 18.2 Å². The van der Waals surface area contributed by atoms with Gasteiger partial charge < -0.3 is 15.5 Å². The largest absolute Gasteiger partial charge is 0.466 e. The van der Waals surface area contributed by atoms with Crippen LogP contribution in [-0.4, -0.2) is 17.6 Å². The average Bonchev–Trinajstić information content (AvgIpc) is 2.69. The molecule has 0 aliphatic carbocycles. The Morgan fingerprint density at radius 2 is 2.17 bits per heavy atom. The molecule has 0 radical (unpaired) electrons. The Bertz CT molecular complexity index is 558. The van der Waals surface area contributed by atoms with Gasteiger partial charge in [-0.2, -0.15) is 0 Å². The smallest absolute Gasteiger partial charge is 0.310 e. The number of benzene rings is 1. The Morgan fingerprint density at radius 1 is 1.44 bits per heavy atom. The lowest BCUT2D eigenvalue weighted by molar-refractivity contribution is -0.142. The van der Waals surface area contributed by atoms with Crippen LogP contribution in [0.25, 0.3) is 10.9 Å². The summed E-state index contributed by atoms with van der Waals surface area (Å²) in [5.41, 5.74) is 8.80. The molecule has 0 saturated heterocycles. The minimum atomic E-state index is -0.218. The van der Waals surface area contributed by atoms with Gasteiger partial charge >= 0.3 is 5.97 Å². The first-order chi connectivity index (χ1) is 8.63. The Hall–Kier alpha value is -1.81. The zero-order chi connectivity index (χ0) is 13.1. The number of carbonyl (C=O) groups excluding carboxylic acids is 1. The molecule has 0 saturated carbocycles.